The van der Waals surface area contributed by atoms with Gasteiger partial charge in [-0.15, -0.1) is 0 Å². The molecule has 1 aromatic heterocycles. The van der Waals surface area contributed by atoms with Gasteiger partial charge in [-0.1, -0.05) is 25.0 Å². The van der Waals surface area contributed by atoms with E-state index in [-0.39, 0.29) is 5.82 Å². The number of hydrogen-bond donors (Lipinski definition) is 1. The summed E-state index contributed by atoms with van der Waals surface area (Å²) in [7, 11) is 0. The molecule has 1 aliphatic rings. The molecule has 1 aliphatic carbocycles. The molecule has 3 rings (SSSR count). The highest BCUT2D eigenvalue weighted by Gasteiger charge is 2.21. The minimum Gasteiger partial charge on any atom is -0.397 e. The van der Waals surface area contributed by atoms with Gasteiger partial charge in [-0.25, -0.2) is 4.39 Å². The van der Waals surface area contributed by atoms with Crippen LogP contribution >= 0.6 is 0 Å². The van der Waals surface area contributed by atoms with Gasteiger partial charge in [0.2, 0.25) is 0 Å². The molecule has 3 heteroatoms. The van der Waals surface area contributed by atoms with Gasteiger partial charge in [0.15, 0.2) is 0 Å². The fourth-order valence-electron chi connectivity index (χ4n) is 2.90. The Morgan fingerprint density at radius 1 is 1.05 bits per heavy atom. The first-order chi connectivity index (χ1) is 9.25. The van der Waals surface area contributed by atoms with Crippen molar-refractivity contribution in [3.63, 3.8) is 0 Å². The van der Waals surface area contributed by atoms with Crippen LogP contribution in [0.3, 0.4) is 0 Å². The monoisotopic (exact) mass is 256 g/mol. The molecule has 1 heterocycles. The molecule has 0 radical (unpaired) electrons. The number of halogens is 1. The Bertz CT molecular complexity index is 572. The SMILES string of the molecule is Nc1c(-c2ccc(F)cc2)ccnc1C1CCCC1. The van der Waals surface area contributed by atoms with Crippen LogP contribution in [0.4, 0.5) is 10.1 Å². The second-order valence-electron chi connectivity index (χ2n) is 5.15. The lowest BCUT2D eigenvalue weighted by Crippen LogP contribution is -2.04. The Balaban J connectivity index is 2.02. The van der Waals surface area contributed by atoms with Crippen LogP contribution < -0.4 is 5.73 Å². The van der Waals surface area contributed by atoms with Gasteiger partial charge < -0.3 is 5.73 Å². The number of nitrogen functional groups attached to an aromatic ring is 1. The maximum atomic E-state index is 13.0. The van der Waals surface area contributed by atoms with Crippen molar-refractivity contribution in [3.8, 4) is 11.1 Å². The van der Waals surface area contributed by atoms with Gasteiger partial charge in [-0.2, -0.15) is 0 Å². The second kappa shape index (κ2) is 5.00. The van der Waals surface area contributed by atoms with E-state index in [2.05, 4.69) is 4.98 Å². The van der Waals surface area contributed by atoms with Crippen LogP contribution in [0.25, 0.3) is 11.1 Å². The topological polar surface area (TPSA) is 38.9 Å². The highest BCUT2D eigenvalue weighted by atomic mass is 19.1. The number of nitrogens with zero attached hydrogens (tertiary/aromatic N) is 1. The summed E-state index contributed by atoms with van der Waals surface area (Å²) in [6.07, 6.45) is 6.66. The molecule has 0 bridgehead atoms. The summed E-state index contributed by atoms with van der Waals surface area (Å²) in [6.45, 7) is 0. The molecule has 0 unspecified atom stereocenters. The molecule has 0 amide bonds. The van der Waals surface area contributed by atoms with Crippen molar-refractivity contribution in [3.05, 3.63) is 48.0 Å². The summed E-state index contributed by atoms with van der Waals surface area (Å²) in [5.41, 5.74) is 9.94. The number of pyridine rings is 1. The van der Waals surface area contributed by atoms with E-state index in [1.165, 1.54) is 37.8 Å². The summed E-state index contributed by atoms with van der Waals surface area (Å²) in [6, 6.07) is 8.36. The fraction of sp³-hybridized carbons (Fsp3) is 0.312. The Morgan fingerprint density at radius 3 is 2.42 bits per heavy atom. The summed E-state index contributed by atoms with van der Waals surface area (Å²) < 4.78 is 13.0. The zero-order valence-electron chi connectivity index (χ0n) is 10.8. The van der Waals surface area contributed by atoms with Crippen molar-refractivity contribution >= 4 is 5.69 Å². The molecule has 98 valence electrons. The van der Waals surface area contributed by atoms with Crippen molar-refractivity contribution in [1.29, 1.82) is 0 Å². The van der Waals surface area contributed by atoms with Crippen molar-refractivity contribution in [2.24, 2.45) is 0 Å². The molecule has 2 aromatic rings. The highest BCUT2D eigenvalue weighted by molar-refractivity contribution is 5.77. The minimum atomic E-state index is -0.229. The largest absolute Gasteiger partial charge is 0.397 e. The Morgan fingerprint density at radius 2 is 1.74 bits per heavy atom. The van der Waals surface area contributed by atoms with Gasteiger partial charge in [0.25, 0.3) is 0 Å². The second-order valence-corrected chi connectivity index (χ2v) is 5.15. The van der Waals surface area contributed by atoms with Gasteiger partial charge in [-0.3, -0.25) is 4.98 Å². The third kappa shape index (κ3) is 2.33. The molecule has 0 saturated heterocycles. The van der Waals surface area contributed by atoms with Crippen molar-refractivity contribution in [2.45, 2.75) is 31.6 Å². The Labute approximate surface area is 112 Å². The molecule has 1 aromatic carbocycles. The van der Waals surface area contributed by atoms with Crippen LogP contribution in [0, 0.1) is 5.82 Å². The van der Waals surface area contributed by atoms with Crippen molar-refractivity contribution in [2.75, 3.05) is 5.73 Å². The normalized spacial score (nSPS) is 15.8. The molecule has 2 N–H and O–H groups in total. The number of rotatable bonds is 2. The van der Waals surface area contributed by atoms with E-state index < -0.39 is 0 Å². The highest BCUT2D eigenvalue weighted by Crippen LogP contribution is 2.38. The lowest BCUT2D eigenvalue weighted by Gasteiger charge is -2.14. The molecule has 19 heavy (non-hydrogen) atoms. The quantitative estimate of drug-likeness (QED) is 0.877. The van der Waals surface area contributed by atoms with Crippen LogP contribution in [0.2, 0.25) is 0 Å². The van der Waals surface area contributed by atoms with Gasteiger partial charge in [-0.05, 0) is 36.6 Å². The minimum absolute atomic E-state index is 0.229. The average Bonchev–Trinajstić information content (AvgIpc) is 2.94. The number of benzene rings is 1. The number of hydrogen-bond acceptors (Lipinski definition) is 2. The smallest absolute Gasteiger partial charge is 0.123 e. The third-order valence-electron chi connectivity index (χ3n) is 3.92. The first kappa shape index (κ1) is 12.2. The van der Waals surface area contributed by atoms with E-state index in [9.17, 15) is 4.39 Å². The van der Waals surface area contributed by atoms with Crippen LogP contribution in [0.1, 0.15) is 37.3 Å². The van der Waals surface area contributed by atoms with E-state index in [0.29, 0.717) is 5.92 Å². The zero-order chi connectivity index (χ0) is 13.2. The molecule has 1 fully saturated rings. The van der Waals surface area contributed by atoms with Gasteiger partial charge in [0.05, 0.1) is 11.4 Å². The van der Waals surface area contributed by atoms with Crippen molar-refractivity contribution < 1.29 is 4.39 Å². The van der Waals surface area contributed by atoms with Gasteiger partial charge in [0.1, 0.15) is 5.82 Å². The van der Waals surface area contributed by atoms with Gasteiger partial charge >= 0.3 is 0 Å². The van der Waals surface area contributed by atoms with Crippen LogP contribution in [-0.4, -0.2) is 4.98 Å². The molecule has 0 atom stereocenters. The summed E-state index contributed by atoms with van der Waals surface area (Å²) in [5, 5.41) is 0. The number of aromatic nitrogens is 1. The van der Waals surface area contributed by atoms with E-state index in [1.807, 2.05) is 12.3 Å². The maximum absolute atomic E-state index is 13.0. The Kier molecular flexibility index (Phi) is 3.20. The zero-order valence-corrected chi connectivity index (χ0v) is 10.8. The number of nitrogens with two attached hydrogens (primary N) is 1. The molecule has 2 nitrogen and oxygen atoms in total. The molecule has 0 aliphatic heterocycles. The standard InChI is InChI=1S/C16H17FN2/c17-13-7-5-11(6-8-13)14-9-10-19-16(15(14)18)12-3-1-2-4-12/h5-10,12H,1-4,18H2. The van der Waals surface area contributed by atoms with E-state index in [0.717, 1.165) is 22.5 Å². The Hall–Kier alpha value is -1.90. The molecule has 0 spiro atoms. The number of anilines is 1. The summed E-state index contributed by atoms with van der Waals surface area (Å²) in [4.78, 5) is 4.46. The fourth-order valence-corrected chi connectivity index (χ4v) is 2.90. The van der Waals surface area contributed by atoms with E-state index in [4.69, 9.17) is 5.73 Å². The predicted molar refractivity (Wildman–Crippen MR) is 75.3 cm³/mol. The summed E-state index contributed by atoms with van der Waals surface area (Å²) >= 11 is 0. The maximum Gasteiger partial charge on any atom is 0.123 e. The van der Waals surface area contributed by atoms with Crippen LogP contribution in [0.5, 0.6) is 0 Å². The average molecular weight is 256 g/mol. The van der Waals surface area contributed by atoms with Crippen molar-refractivity contribution in [1.82, 2.24) is 4.98 Å². The first-order valence-electron chi connectivity index (χ1n) is 6.76. The lowest BCUT2D eigenvalue weighted by molar-refractivity contribution is 0.628. The molecular formula is C16H17FN2. The lowest BCUT2D eigenvalue weighted by atomic mass is 9.96. The van der Waals surface area contributed by atoms with Crippen LogP contribution in [0.15, 0.2) is 36.5 Å². The third-order valence-corrected chi connectivity index (χ3v) is 3.92. The molecule has 1 saturated carbocycles. The molecular weight excluding hydrogens is 239 g/mol. The van der Waals surface area contributed by atoms with Gasteiger partial charge in [0, 0.05) is 17.7 Å². The van der Waals surface area contributed by atoms with E-state index in [1.54, 1.807) is 12.1 Å². The first-order valence-corrected chi connectivity index (χ1v) is 6.76. The van der Waals surface area contributed by atoms with E-state index >= 15 is 0 Å². The van der Waals surface area contributed by atoms with Crippen LogP contribution in [-0.2, 0) is 0 Å². The summed E-state index contributed by atoms with van der Waals surface area (Å²) in [5.74, 6) is 0.257. The predicted octanol–water partition coefficient (Wildman–Crippen LogP) is 4.13.